The van der Waals surface area contributed by atoms with E-state index in [9.17, 15) is 13.2 Å². The lowest BCUT2D eigenvalue weighted by molar-refractivity contribution is -0.129. The molecule has 1 aliphatic heterocycles. The number of sulfonamides is 1. The minimum Gasteiger partial charge on any atom is -0.341 e. The van der Waals surface area contributed by atoms with Gasteiger partial charge in [-0.15, -0.1) is 11.3 Å². The first-order chi connectivity index (χ1) is 12.4. The molecule has 1 aliphatic rings. The number of aryl methyl sites for hydroxylation is 1. The van der Waals surface area contributed by atoms with E-state index in [1.165, 1.54) is 11.3 Å². The Kier molecular flexibility index (Phi) is 5.79. The van der Waals surface area contributed by atoms with Gasteiger partial charge in [0.2, 0.25) is 5.91 Å². The predicted octanol–water partition coefficient (Wildman–Crippen LogP) is 1.86. The van der Waals surface area contributed by atoms with E-state index in [1.807, 2.05) is 13.2 Å². The van der Waals surface area contributed by atoms with Gasteiger partial charge in [0.15, 0.2) is 0 Å². The third-order valence-corrected chi connectivity index (χ3v) is 7.93. The molecule has 0 atom stereocenters. The fraction of sp³-hybridized carbons (Fsp3) is 0.529. The highest BCUT2D eigenvalue weighted by Crippen LogP contribution is 2.27. The summed E-state index contributed by atoms with van der Waals surface area (Å²) in [5.74, 6) is -0.0439. The number of thiophene rings is 1. The molecule has 0 unspecified atom stereocenters. The van der Waals surface area contributed by atoms with E-state index in [-0.39, 0.29) is 12.3 Å². The van der Waals surface area contributed by atoms with Crippen molar-refractivity contribution in [1.82, 2.24) is 19.0 Å². The summed E-state index contributed by atoms with van der Waals surface area (Å²) >= 11 is 1.20. The molecule has 1 amide bonds. The van der Waals surface area contributed by atoms with Crippen molar-refractivity contribution in [1.29, 1.82) is 0 Å². The molecule has 0 radical (unpaired) electrons. The van der Waals surface area contributed by atoms with E-state index >= 15 is 0 Å². The summed E-state index contributed by atoms with van der Waals surface area (Å²) in [6, 6.07) is 3.37. The Labute approximate surface area is 158 Å². The number of carbonyl (C=O) groups excluding carboxylic acids is 1. The van der Waals surface area contributed by atoms with E-state index < -0.39 is 10.0 Å². The number of nitrogens with zero attached hydrogens (tertiary/aromatic N) is 4. The molecule has 26 heavy (non-hydrogen) atoms. The number of rotatable bonds is 6. The molecule has 0 bridgehead atoms. The van der Waals surface area contributed by atoms with Crippen LogP contribution in [0.1, 0.15) is 29.7 Å². The van der Waals surface area contributed by atoms with Crippen LogP contribution in [-0.4, -0.2) is 53.4 Å². The van der Waals surface area contributed by atoms with Crippen molar-refractivity contribution in [2.45, 2.75) is 36.4 Å². The summed E-state index contributed by atoms with van der Waals surface area (Å²) in [4.78, 5) is 14.8. The normalized spacial score (nSPS) is 15.9. The Balaban J connectivity index is 1.63. The summed E-state index contributed by atoms with van der Waals surface area (Å²) in [6.07, 6.45) is 6.72. The molecule has 3 rings (SSSR count). The Bertz CT molecular complexity index is 866. The maximum atomic E-state index is 12.7. The lowest BCUT2D eigenvalue weighted by atomic mass is 10.2. The summed E-state index contributed by atoms with van der Waals surface area (Å²) < 4.78 is 29.0. The Morgan fingerprint density at radius 3 is 2.65 bits per heavy atom. The van der Waals surface area contributed by atoms with Crippen LogP contribution in [0.5, 0.6) is 0 Å². The second kappa shape index (κ2) is 7.89. The average molecular weight is 397 g/mol. The lowest BCUT2D eigenvalue weighted by Gasteiger charge is -2.25. The molecule has 0 saturated carbocycles. The zero-order chi connectivity index (χ0) is 18.7. The molecule has 0 N–H and O–H groups in total. The van der Waals surface area contributed by atoms with Crippen LogP contribution in [0.4, 0.5) is 0 Å². The second-order valence-corrected chi connectivity index (χ2v) is 9.97. The minimum absolute atomic E-state index is 0.0439. The first-order valence-electron chi connectivity index (χ1n) is 8.66. The molecule has 2 aromatic rings. The highest BCUT2D eigenvalue weighted by molar-refractivity contribution is 7.91. The number of amides is 1. The molecular formula is C17H24N4O3S2. The van der Waals surface area contributed by atoms with Crippen LogP contribution in [0.2, 0.25) is 0 Å². The van der Waals surface area contributed by atoms with Crippen molar-refractivity contribution < 1.29 is 13.2 Å². The van der Waals surface area contributed by atoms with Crippen molar-refractivity contribution in [3.05, 3.63) is 35.0 Å². The van der Waals surface area contributed by atoms with E-state index in [1.54, 1.807) is 39.3 Å². The molecular weight excluding hydrogens is 372 g/mol. The Morgan fingerprint density at radius 1 is 1.27 bits per heavy atom. The molecule has 142 valence electrons. The van der Waals surface area contributed by atoms with Gasteiger partial charge in [-0.05, 0) is 25.0 Å². The molecule has 1 saturated heterocycles. The van der Waals surface area contributed by atoms with Crippen LogP contribution in [-0.2, 0) is 34.8 Å². The third kappa shape index (κ3) is 4.33. The Morgan fingerprint density at radius 2 is 2.00 bits per heavy atom. The number of carbonyl (C=O) groups is 1. The zero-order valence-electron chi connectivity index (χ0n) is 15.1. The topological polar surface area (TPSA) is 75.5 Å². The maximum Gasteiger partial charge on any atom is 0.252 e. The quantitative estimate of drug-likeness (QED) is 0.747. The first-order valence-corrected chi connectivity index (χ1v) is 10.9. The van der Waals surface area contributed by atoms with E-state index in [2.05, 4.69) is 5.10 Å². The van der Waals surface area contributed by atoms with Gasteiger partial charge in [-0.1, -0.05) is 6.42 Å². The third-order valence-electron chi connectivity index (χ3n) is 4.48. The largest absolute Gasteiger partial charge is 0.341 e. The number of hydrogen-bond donors (Lipinski definition) is 0. The van der Waals surface area contributed by atoms with Crippen LogP contribution in [0.3, 0.4) is 0 Å². The van der Waals surface area contributed by atoms with Crippen LogP contribution in [0.15, 0.2) is 28.7 Å². The summed E-state index contributed by atoms with van der Waals surface area (Å²) in [5.41, 5.74) is 0.961. The summed E-state index contributed by atoms with van der Waals surface area (Å²) in [5, 5.41) is 4.10. The molecule has 7 nitrogen and oxygen atoms in total. The van der Waals surface area contributed by atoms with Crippen molar-refractivity contribution in [2.75, 3.05) is 20.1 Å². The van der Waals surface area contributed by atoms with Crippen LogP contribution in [0.25, 0.3) is 0 Å². The van der Waals surface area contributed by atoms with Gasteiger partial charge in [-0.25, -0.2) is 8.42 Å². The number of likely N-dealkylation sites (N-methyl/N-ethyl adjacent to an activating group) is 1. The van der Waals surface area contributed by atoms with Gasteiger partial charge in [-0.3, -0.25) is 9.48 Å². The van der Waals surface area contributed by atoms with Crippen molar-refractivity contribution >= 4 is 27.3 Å². The van der Waals surface area contributed by atoms with Gasteiger partial charge in [0.05, 0.1) is 12.6 Å². The molecule has 0 spiro atoms. The van der Waals surface area contributed by atoms with E-state index in [4.69, 9.17) is 0 Å². The van der Waals surface area contributed by atoms with Gasteiger partial charge < -0.3 is 4.90 Å². The molecule has 3 heterocycles. The summed E-state index contributed by atoms with van der Waals surface area (Å²) in [7, 11) is 0.152. The summed E-state index contributed by atoms with van der Waals surface area (Å²) in [6.45, 7) is 1.65. The monoisotopic (exact) mass is 396 g/mol. The fourth-order valence-electron chi connectivity index (χ4n) is 3.02. The Hall–Kier alpha value is -1.71. The van der Waals surface area contributed by atoms with Crippen LogP contribution >= 0.6 is 11.3 Å². The number of aromatic nitrogens is 2. The van der Waals surface area contributed by atoms with Crippen molar-refractivity contribution in [3.8, 4) is 0 Å². The van der Waals surface area contributed by atoms with Crippen LogP contribution < -0.4 is 0 Å². The SMILES string of the molecule is CN(Cc1cnn(C)c1)C(=O)Cc1ccc(S(=O)(=O)N2CCCCC2)s1. The molecule has 1 fully saturated rings. The minimum atomic E-state index is -3.43. The van der Waals surface area contributed by atoms with Gasteiger partial charge in [0.1, 0.15) is 4.21 Å². The highest BCUT2D eigenvalue weighted by atomic mass is 32.2. The smallest absolute Gasteiger partial charge is 0.252 e. The number of hydrogen-bond acceptors (Lipinski definition) is 5. The fourth-order valence-corrected chi connectivity index (χ4v) is 6.04. The standard InChI is InChI=1S/C17H24N4O3S2/c1-19(12-14-11-18-20(2)13-14)16(22)10-15-6-7-17(25-15)26(23,24)21-8-4-3-5-9-21/h6-7,11,13H,3-5,8-10,12H2,1-2H3. The molecule has 0 aliphatic carbocycles. The maximum absolute atomic E-state index is 12.7. The first kappa shape index (κ1) is 19.1. The van der Waals surface area contributed by atoms with Crippen LogP contribution in [0, 0.1) is 0 Å². The average Bonchev–Trinajstić information content (AvgIpc) is 3.25. The van der Waals surface area contributed by atoms with Crippen molar-refractivity contribution in [2.24, 2.45) is 7.05 Å². The highest BCUT2D eigenvalue weighted by Gasteiger charge is 2.27. The second-order valence-electron chi connectivity index (χ2n) is 6.63. The van der Waals surface area contributed by atoms with Gasteiger partial charge in [-0.2, -0.15) is 9.40 Å². The van der Waals surface area contributed by atoms with Gasteiger partial charge in [0, 0.05) is 50.4 Å². The van der Waals surface area contributed by atoms with Gasteiger partial charge in [0.25, 0.3) is 10.0 Å². The van der Waals surface area contributed by atoms with E-state index in [0.29, 0.717) is 23.8 Å². The molecule has 9 heteroatoms. The zero-order valence-corrected chi connectivity index (χ0v) is 16.7. The van der Waals surface area contributed by atoms with E-state index in [0.717, 1.165) is 29.7 Å². The van der Waals surface area contributed by atoms with Gasteiger partial charge >= 0.3 is 0 Å². The van der Waals surface area contributed by atoms with Crippen molar-refractivity contribution in [3.63, 3.8) is 0 Å². The predicted molar refractivity (Wildman–Crippen MR) is 100 cm³/mol. The number of piperidine rings is 1. The lowest BCUT2D eigenvalue weighted by Crippen LogP contribution is -2.35. The molecule has 0 aromatic carbocycles. The molecule has 2 aromatic heterocycles.